The van der Waals surface area contributed by atoms with E-state index in [2.05, 4.69) is 36.1 Å². The van der Waals surface area contributed by atoms with Crippen LogP contribution in [0.3, 0.4) is 0 Å². The molecule has 0 N–H and O–H groups in total. The second-order valence-corrected chi connectivity index (χ2v) is 5.80. The highest BCUT2D eigenvalue weighted by Gasteiger charge is 2.30. The van der Waals surface area contributed by atoms with E-state index in [4.69, 9.17) is 4.74 Å². The highest BCUT2D eigenvalue weighted by Crippen LogP contribution is 2.25. The molecule has 0 bridgehead atoms. The van der Waals surface area contributed by atoms with Gasteiger partial charge in [0.1, 0.15) is 0 Å². The molecule has 2 rings (SSSR count). The molecule has 0 aliphatic carbocycles. The summed E-state index contributed by atoms with van der Waals surface area (Å²) in [6.07, 6.45) is 0. The first-order chi connectivity index (χ1) is 9.00. The number of hydrogen-bond acceptors (Lipinski definition) is 3. The van der Waals surface area contributed by atoms with Crippen LogP contribution in [-0.2, 0) is 14.9 Å². The molecule has 0 amide bonds. The Morgan fingerprint density at radius 2 is 1.79 bits per heavy atom. The second kappa shape index (κ2) is 5.85. The maximum absolute atomic E-state index is 12.5. The molecule has 3 heteroatoms. The van der Waals surface area contributed by atoms with Crippen LogP contribution in [0, 0.1) is 6.92 Å². The zero-order valence-corrected chi connectivity index (χ0v) is 12.1. The lowest BCUT2D eigenvalue weighted by molar-refractivity contribution is -0.125. The number of ketones is 1. The van der Waals surface area contributed by atoms with Gasteiger partial charge in [-0.05, 0) is 26.3 Å². The molecule has 1 heterocycles. The third-order valence-corrected chi connectivity index (χ3v) is 3.94. The van der Waals surface area contributed by atoms with Crippen molar-refractivity contribution in [2.75, 3.05) is 32.8 Å². The lowest BCUT2D eigenvalue weighted by Gasteiger charge is -2.30. The van der Waals surface area contributed by atoms with Crippen LogP contribution in [0.2, 0.25) is 0 Å². The monoisotopic (exact) mass is 261 g/mol. The van der Waals surface area contributed by atoms with Crippen LogP contribution < -0.4 is 0 Å². The highest BCUT2D eigenvalue weighted by molar-refractivity contribution is 5.91. The number of ether oxygens (including phenoxy) is 1. The summed E-state index contributed by atoms with van der Waals surface area (Å²) in [5.41, 5.74) is 1.89. The zero-order valence-electron chi connectivity index (χ0n) is 12.1. The maximum atomic E-state index is 12.5. The SMILES string of the molecule is Cc1ccc(C(C)(C)C(=O)CN2CCOCC2)cc1. The van der Waals surface area contributed by atoms with Crippen molar-refractivity contribution in [1.82, 2.24) is 4.90 Å². The average molecular weight is 261 g/mol. The van der Waals surface area contributed by atoms with Crippen molar-refractivity contribution in [3.05, 3.63) is 35.4 Å². The normalized spacial score (nSPS) is 17.4. The number of benzene rings is 1. The Hall–Kier alpha value is -1.19. The van der Waals surface area contributed by atoms with E-state index in [1.165, 1.54) is 5.56 Å². The van der Waals surface area contributed by atoms with Crippen LogP contribution in [0.15, 0.2) is 24.3 Å². The predicted molar refractivity (Wildman–Crippen MR) is 76.5 cm³/mol. The van der Waals surface area contributed by atoms with Crippen LogP contribution in [0.5, 0.6) is 0 Å². The first-order valence-corrected chi connectivity index (χ1v) is 6.91. The summed E-state index contributed by atoms with van der Waals surface area (Å²) in [5, 5.41) is 0. The van der Waals surface area contributed by atoms with Gasteiger partial charge >= 0.3 is 0 Å². The number of carbonyl (C=O) groups is 1. The lowest BCUT2D eigenvalue weighted by atomic mass is 9.80. The number of nitrogens with zero attached hydrogens (tertiary/aromatic N) is 1. The predicted octanol–water partition coefficient (Wildman–Crippen LogP) is 2.17. The van der Waals surface area contributed by atoms with Crippen molar-refractivity contribution in [2.45, 2.75) is 26.2 Å². The third-order valence-electron chi connectivity index (χ3n) is 3.94. The minimum atomic E-state index is -0.425. The topological polar surface area (TPSA) is 29.5 Å². The molecule has 0 saturated carbocycles. The number of Topliss-reactive ketones (excluding diaryl/α,β-unsaturated/α-hetero) is 1. The van der Waals surface area contributed by atoms with Gasteiger partial charge in [0, 0.05) is 18.5 Å². The number of carbonyl (C=O) groups excluding carboxylic acids is 1. The van der Waals surface area contributed by atoms with Gasteiger partial charge in [-0.3, -0.25) is 9.69 Å². The molecule has 0 aromatic heterocycles. The molecule has 0 unspecified atom stereocenters. The summed E-state index contributed by atoms with van der Waals surface area (Å²) < 4.78 is 5.31. The molecule has 1 aliphatic rings. The Morgan fingerprint density at radius 1 is 1.21 bits per heavy atom. The van der Waals surface area contributed by atoms with Crippen molar-refractivity contribution in [3.63, 3.8) is 0 Å². The largest absolute Gasteiger partial charge is 0.379 e. The zero-order chi connectivity index (χ0) is 13.9. The van der Waals surface area contributed by atoms with E-state index in [1.807, 2.05) is 13.8 Å². The maximum Gasteiger partial charge on any atom is 0.156 e. The van der Waals surface area contributed by atoms with E-state index in [-0.39, 0.29) is 5.78 Å². The summed E-state index contributed by atoms with van der Waals surface area (Å²) >= 11 is 0. The molecule has 0 radical (unpaired) electrons. The minimum Gasteiger partial charge on any atom is -0.379 e. The van der Waals surface area contributed by atoms with Crippen molar-refractivity contribution < 1.29 is 9.53 Å². The smallest absolute Gasteiger partial charge is 0.156 e. The summed E-state index contributed by atoms with van der Waals surface area (Å²) in [4.78, 5) is 14.7. The van der Waals surface area contributed by atoms with Crippen LogP contribution in [0.25, 0.3) is 0 Å². The second-order valence-electron chi connectivity index (χ2n) is 5.80. The number of aryl methyl sites for hydroxylation is 1. The van der Waals surface area contributed by atoms with Crippen molar-refractivity contribution in [3.8, 4) is 0 Å². The van der Waals surface area contributed by atoms with Gasteiger partial charge in [0.25, 0.3) is 0 Å². The average Bonchev–Trinajstić information content (AvgIpc) is 2.40. The summed E-state index contributed by atoms with van der Waals surface area (Å²) in [6, 6.07) is 8.26. The van der Waals surface area contributed by atoms with Gasteiger partial charge in [-0.25, -0.2) is 0 Å². The molecule has 3 nitrogen and oxygen atoms in total. The Labute approximate surface area is 115 Å². The molecular formula is C16H23NO2. The molecule has 19 heavy (non-hydrogen) atoms. The van der Waals surface area contributed by atoms with Gasteiger partial charge in [0.2, 0.25) is 0 Å². The lowest BCUT2D eigenvalue weighted by Crippen LogP contribution is -2.44. The van der Waals surface area contributed by atoms with Gasteiger partial charge in [0.15, 0.2) is 5.78 Å². The Morgan fingerprint density at radius 3 is 2.37 bits per heavy atom. The fourth-order valence-corrected chi connectivity index (χ4v) is 2.29. The number of rotatable bonds is 4. The third kappa shape index (κ3) is 3.43. The standard InChI is InChI=1S/C16H23NO2/c1-13-4-6-14(7-5-13)16(2,3)15(18)12-17-8-10-19-11-9-17/h4-7H,8-12H2,1-3H3. The first-order valence-electron chi connectivity index (χ1n) is 6.91. The summed E-state index contributed by atoms with van der Waals surface area (Å²) in [5.74, 6) is 0.276. The quantitative estimate of drug-likeness (QED) is 0.832. The molecule has 1 saturated heterocycles. The molecule has 0 spiro atoms. The fourth-order valence-electron chi connectivity index (χ4n) is 2.29. The summed E-state index contributed by atoms with van der Waals surface area (Å²) in [7, 11) is 0. The minimum absolute atomic E-state index is 0.276. The Kier molecular flexibility index (Phi) is 4.38. The van der Waals surface area contributed by atoms with E-state index in [9.17, 15) is 4.79 Å². The molecule has 1 aliphatic heterocycles. The molecule has 0 atom stereocenters. The number of hydrogen-bond donors (Lipinski definition) is 0. The van der Waals surface area contributed by atoms with E-state index in [0.717, 1.165) is 31.9 Å². The van der Waals surface area contributed by atoms with E-state index in [1.54, 1.807) is 0 Å². The molecule has 1 fully saturated rings. The van der Waals surface area contributed by atoms with Crippen LogP contribution >= 0.6 is 0 Å². The van der Waals surface area contributed by atoms with Crippen LogP contribution in [0.1, 0.15) is 25.0 Å². The van der Waals surface area contributed by atoms with E-state index in [0.29, 0.717) is 6.54 Å². The first kappa shape index (κ1) is 14.2. The molecule has 1 aromatic rings. The van der Waals surface area contributed by atoms with Gasteiger partial charge in [0.05, 0.1) is 19.8 Å². The van der Waals surface area contributed by atoms with Crippen LogP contribution in [-0.4, -0.2) is 43.5 Å². The van der Waals surface area contributed by atoms with Gasteiger partial charge in [-0.1, -0.05) is 29.8 Å². The van der Waals surface area contributed by atoms with Gasteiger partial charge < -0.3 is 4.74 Å². The van der Waals surface area contributed by atoms with Crippen molar-refractivity contribution in [1.29, 1.82) is 0 Å². The van der Waals surface area contributed by atoms with Gasteiger partial charge in [-0.15, -0.1) is 0 Å². The molecule has 1 aromatic carbocycles. The number of morpholine rings is 1. The highest BCUT2D eigenvalue weighted by atomic mass is 16.5. The Bertz CT molecular complexity index is 431. The van der Waals surface area contributed by atoms with Crippen molar-refractivity contribution >= 4 is 5.78 Å². The van der Waals surface area contributed by atoms with E-state index < -0.39 is 5.41 Å². The van der Waals surface area contributed by atoms with Gasteiger partial charge in [-0.2, -0.15) is 0 Å². The Balaban J connectivity index is 2.05. The molecular weight excluding hydrogens is 238 g/mol. The van der Waals surface area contributed by atoms with Crippen molar-refractivity contribution in [2.24, 2.45) is 0 Å². The fraction of sp³-hybridized carbons (Fsp3) is 0.562. The summed E-state index contributed by atoms with van der Waals surface area (Å²) in [6.45, 7) is 9.79. The van der Waals surface area contributed by atoms with E-state index >= 15 is 0 Å². The van der Waals surface area contributed by atoms with Crippen LogP contribution in [0.4, 0.5) is 0 Å². The molecule has 104 valence electrons.